The number of rotatable bonds is 8. The molecular formula is C25H26N4O2. The molecule has 0 saturated carbocycles. The Bertz CT molecular complexity index is 1150. The van der Waals surface area contributed by atoms with Crippen molar-refractivity contribution in [2.45, 2.75) is 39.8 Å². The van der Waals surface area contributed by atoms with Crippen molar-refractivity contribution in [1.29, 1.82) is 0 Å². The molecule has 0 saturated heterocycles. The highest BCUT2D eigenvalue weighted by Crippen LogP contribution is 2.20. The highest BCUT2D eigenvalue weighted by Gasteiger charge is 2.14. The molecule has 0 aliphatic carbocycles. The van der Waals surface area contributed by atoms with Gasteiger partial charge in [0.2, 0.25) is 5.91 Å². The Morgan fingerprint density at radius 3 is 2.48 bits per heavy atom. The third-order valence-electron chi connectivity index (χ3n) is 5.35. The van der Waals surface area contributed by atoms with Crippen LogP contribution in [-0.2, 0) is 24.3 Å². The van der Waals surface area contributed by atoms with Crippen LogP contribution in [0.25, 0.3) is 11.3 Å². The van der Waals surface area contributed by atoms with Crippen molar-refractivity contribution in [1.82, 2.24) is 20.1 Å². The van der Waals surface area contributed by atoms with Crippen molar-refractivity contribution in [3.05, 3.63) is 95.3 Å². The predicted octanol–water partition coefficient (Wildman–Crippen LogP) is 4.45. The third-order valence-corrected chi connectivity index (χ3v) is 5.35. The Kier molecular flexibility index (Phi) is 6.26. The number of benzene rings is 2. The van der Waals surface area contributed by atoms with Crippen molar-refractivity contribution in [3.63, 3.8) is 0 Å². The molecule has 4 aromatic rings. The van der Waals surface area contributed by atoms with Gasteiger partial charge in [-0.15, -0.1) is 0 Å². The minimum atomic E-state index is -0.0333. The van der Waals surface area contributed by atoms with Gasteiger partial charge in [-0.2, -0.15) is 5.10 Å². The lowest BCUT2D eigenvalue weighted by atomic mass is 10.2. The maximum absolute atomic E-state index is 12.4. The summed E-state index contributed by atoms with van der Waals surface area (Å²) in [6.45, 7) is 5.21. The van der Waals surface area contributed by atoms with Gasteiger partial charge < -0.3 is 9.73 Å². The fourth-order valence-electron chi connectivity index (χ4n) is 3.56. The van der Waals surface area contributed by atoms with Crippen molar-refractivity contribution in [2.24, 2.45) is 0 Å². The van der Waals surface area contributed by atoms with E-state index in [0.29, 0.717) is 31.0 Å². The van der Waals surface area contributed by atoms with E-state index < -0.39 is 0 Å². The van der Waals surface area contributed by atoms with Crippen LogP contribution < -0.4 is 5.32 Å². The summed E-state index contributed by atoms with van der Waals surface area (Å²) in [5.74, 6) is 1.25. The summed E-state index contributed by atoms with van der Waals surface area (Å²) in [4.78, 5) is 16.7. The minimum Gasteiger partial charge on any atom is -0.441 e. The van der Waals surface area contributed by atoms with E-state index in [0.717, 1.165) is 29.1 Å². The van der Waals surface area contributed by atoms with Gasteiger partial charge in [0.05, 0.1) is 18.4 Å². The third kappa shape index (κ3) is 5.09. The lowest BCUT2D eigenvalue weighted by Crippen LogP contribution is -2.23. The van der Waals surface area contributed by atoms with Crippen LogP contribution in [-0.4, -0.2) is 20.7 Å². The summed E-state index contributed by atoms with van der Waals surface area (Å²) in [5, 5.41) is 7.65. The largest absolute Gasteiger partial charge is 0.441 e. The summed E-state index contributed by atoms with van der Waals surface area (Å²) < 4.78 is 7.77. The number of carbonyl (C=O) groups is 1. The lowest BCUT2D eigenvalue weighted by molar-refractivity contribution is -0.121. The van der Waals surface area contributed by atoms with Crippen molar-refractivity contribution in [3.8, 4) is 11.3 Å². The maximum Gasteiger partial charge on any atom is 0.220 e. The average molecular weight is 415 g/mol. The van der Waals surface area contributed by atoms with Crippen LogP contribution in [0.5, 0.6) is 0 Å². The van der Waals surface area contributed by atoms with Gasteiger partial charge in [0.1, 0.15) is 0 Å². The van der Waals surface area contributed by atoms with Gasteiger partial charge >= 0.3 is 0 Å². The first-order valence-electron chi connectivity index (χ1n) is 10.4. The standard InChI is InChI=1S/C25H26N4O2/c1-18-22(19(2)29(28-18)17-20-9-5-3-6-10-20)15-26-24(30)13-14-25-27-16-23(31-25)21-11-7-4-8-12-21/h3-12,16H,13-15,17H2,1-2H3,(H,26,30). The summed E-state index contributed by atoms with van der Waals surface area (Å²) >= 11 is 0. The van der Waals surface area contributed by atoms with Crippen LogP contribution in [0.2, 0.25) is 0 Å². The molecule has 1 amide bonds. The van der Waals surface area contributed by atoms with E-state index in [-0.39, 0.29) is 5.91 Å². The molecule has 0 aliphatic heterocycles. The fourth-order valence-corrected chi connectivity index (χ4v) is 3.56. The van der Waals surface area contributed by atoms with Crippen LogP contribution in [0, 0.1) is 13.8 Å². The number of oxazole rings is 1. The monoisotopic (exact) mass is 414 g/mol. The molecule has 2 aromatic carbocycles. The van der Waals surface area contributed by atoms with Crippen LogP contribution in [0.1, 0.15) is 34.8 Å². The average Bonchev–Trinajstić information content (AvgIpc) is 3.37. The molecule has 0 unspecified atom stereocenters. The van der Waals surface area contributed by atoms with Crippen LogP contribution in [0.15, 0.2) is 71.3 Å². The second-order valence-corrected chi connectivity index (χ2v) is 7.55. The van der Waals surface area contributed by atoms with E-state index in [9.17, 15) is 4.79 Å². The Morgan fingerprint density at radius 1 is 1.03 bits per heavy atom. The minimum absolute atomic E-state index is 0.0333. The molecule has 0 radical (unpaired) electrons. The molecule has 31 heavy (non-hydrogen) atoms. The van der Waals surface area contributed by atoms with E-state index in [1.165, 1.54) is 5.56 Å². The second kappa shape index (κ2) is 9.43. The van der Waals surface area contributed by atoms with Crippen LogP contribution >= 0.6 is 0 Å². The summed E-state index contributed by atoms with van der Waals surface area (Å²) in [5.41, 5.74) is 5.25. The smallest absolute Gasteiger partial charge is 0.220 e. The summed E-state index contributed by atoms with van der Waals surface area (Å²) in [6.07, 6.45) is 2.49. The molecule has 4 rings (SSSR count). The topological polar surface area (TPSA) is 73.0 Å². The molecule has 6 heteroatoms. The number of amides is 1. The number of nitrogens with one attached hydrogen (secondary N) is 1. The maximum atomic E-state index is 12.4. The zero-order valence-corrected chi connectivity index (χ0v) is 17.8. The fraction of sp³-hybridized carbons (Fsp3) is 0.240. The van der Waals surface area contributed by atoms with Gasteiger partial charge in [-0.25, -0.2) is 4.98 Å². The van der Waals surface area contributed by atoms with Gasteiger partial charge in [0.25, 0.3) is 0 Å². The molecule has 0 atom stereocenters. The number of hydrogen-bond acceptors (Lipinski definition) is 4. The molecule has 6 nitrogen and oxygen atoms in total. The Morgan fingerprint density at radius 2 is 1.74 bits per heavy atom. The van der Waals surface area contributed by atoms with Crippen LogP contribution in [0.3, 0.4) is 0 Å². The molecule has 1 N–H and O–H groups in total. The molecule has 0 bridgehead atoms. The first-order chi connectivity index (χ1) is 15.1. The molecule has 158 valence electrons. The van der Waals surface area contributed by atoms with Crippen molar-refractivity contribution < 1.29 is 9.21 Å². The molecule has 0 spiro atoms. The van der Waals surface area contributed by atoms with E-state index >= 15 is 0 Å². The summed E-state index contributed by atoms with van der Waals surface area (Å²) in [7, 11) is 0. The Hall–Kier alpha value is -3.67. The van der Waals surface area contributed by atoms with Crippen molar-refractivity contribution in [2.75, 3.05) is 0 Å². The highest BCUT2D eigenvalue weighted by atomic mass is 16.4. The molecular weight excluding hydrogens is 388 g/mol. The normalized spacial score (nSPS) is 10.9. The number of aromatic nitrogens is 3. The van der Waals surface area contributed by atoms with Gasteiger partial charge in [-0.3, -0.25) is 9.48 Å². The van der Waals surface area contributed by atoms with Gasteiger partial charge in [0, 0.05) is 36.2 Å². The quantitative estimate of drug-likeness (QED) is 0.462. The number of nitrogens with zero attached hydrogens (tertiary/aromatic N) is 3. The number of carbonyl (C=O) groups excluding carboxylic acids is 1. The lowest BCUT2D eigenvalue weighted by Gasteiger charge is -2.07. The van der Waals surface area contributed by atoms with E-state index in [1.54, 1.807) is 6.20 Å². The van der Waals surface area contributed by atoms with Crippen LogP contribution in [0.4, 0.5) is 0 Å². The first-order valence-corrected chi connectivity index (χ1v) is 10.4. The Labute approximate surface area is 181 Å². The van der Waals surface area contributed by atoms with E-state index in [1.807, 2.05) is 67.1 Å². The van der Waals surface area contributed by atoms with Gasteiger partial charge in [-0.05, 0) is 19.4 Å². The zero-order chi connectivity index (χ0) is 21.6. The zero-order valence-electron chi connectivity index (χ0n) is 17.8. The predicted molar refractivity (Wildman–Crippen MR) is 119 cm³/mol. The molecule has 2 heterocycles. The first kappa shape index (κ1) is 20.6. The molecule has 2 aromatic heterocycles. The van der Waals surface area contributed by atoms with E-state index in [2.05, 4.69) is 27.5 Å². The van der Waals surface area contributed by atoms with Gasteiger partial charge in [0.15, 0.2) is 11.7 Å². The second-order valence-electron chi connectivity index (χ2n) is 7.55. The summed E-state index contributed by atoms with van der Waals surface area (Å²) in [6, 6.07) is 20.0. The SMILES string of the molecule is Cc1nn(Cc2ccccc2)c(C)c1CNC(=O)CCc1ncc(-c2ccccc2)o1. The number of hydrogen-bond donors (Lipinski definition) is 1. The van der Waals surface area contributed by atoms with Gasteiger partial charge in [-0.1, -0.05) is 60.7 Å². The van der Waals surface area contributed by atoms with Crippen molar-refractivity contribution >= 4 is 5.91 Å². The molecule has 0 fully saturated rings. The Balaban J connectivity index is 1.31. The molecule has 0 aliphatic rings. The number of aryl methyl sites for hydroxylation is 2. The van der Waals surface area contributed by atoms with E-state index in [4.69, 9.17) is 4.42 Å². The highest BCUT2D eigenvalue weighted by molar-refractivity contribution is 5.76.